The van der Waals surface area contributed by atoms with E-state index in [0.717, 1.165) is 0 Å². The molecule has 0 aromatic heterocycles. The lowest BCUT2D eigenvalue weighted by Crippen LogP contribution is -2.52. The molecule has 2 rings (SSSR count). The maximum atomic E-state index is 12.7. The van der Waals surface area contributed by atoms with Gasteiger partial charge < -0.3 is 5.32 Å². The predicted octanol–water partition coefficient (Wildman–Crippen LogP) is 2.90. The van der Waals surface area contributed by atoms with Crippen LogP contribution >= 0.6 is 34.8 Å². The van der Waals surface area contributed by atoms with Crippen LogP contribution in [0.25, 0.3) is 0 Å². The van der Waals surface area contributed by atoms with Crippen LogP contribution in [0.5, 0.6) is 0 Å². The van der Waals surface area contributed by atoms with E-state index in [1.165, 1.54) is 11.9 Å². The molecule has 5 nitrogen and oxygen atoms in total. The maximum absolute atomic E-state index is 12.7. The van der Waals surface area contributed by atoms with Gasteiger partial charge in [-0.05, 0) is 19.1 Å². The average Bonchev–Trinajstić information content (AvgIpc) is 2.71. The molecule has 2 unspecified atom stereocenters. The third-order valence-electron chi connectivity index (χ3n) is 3.23. The van der Waals surface area contributed by atoms with E-state index in [9.17, 15) is 9.59 Å². The number of nitrogens with one attached hydrogen (secondary N) is 1. The Hall–Kier alpha value is -1.30. The van der Waals surface area contributed by atoms with Crippen molar-refractivity contribution in [3.63, 3.8) is 0 Å². The second-order valence-corrected chi connectivity index (χ2v) is 7.29. The molecule has 0 fully saturated rings. The minimum atomic E-state index is -1.84. The normalized spacial score (nSPS) is 19.9. The molecule has 8 heteroatoms. The predicted molar refractivity (Wildman–Crippen MR) is 88.4 cm³/mol. The van der Waals surface area contributed by atoms with Crippen molar-refractivity contribution in [1.29, 1.82) is 0 Å². The van der Waals surface area contributed by atoms with Gasteiger partial charge in [-0.3, -0.25) is 9.59 Å². The SMILES string of the molecule is CC(=O)NC(C1C(=O)N(c2ccccc2)N=C1C)C(Cl)(Cl)Cl. The van der Waals surface area contributed by atoms with Gasteiger partial charge in [-0.25, -0.2) is 5.01 Å². The number of anilines is 1. The van der Waals surface area contributed by atoms with E-state index in [1.54, 1.807) is 31.2 Å². The van der Waals surface area contributed by atoms with Gasteiger partial charge in [0.05, 0.1) is 17.4 Å². The van der Waals surface area contributed by atoms with Crippen molar-refractivity contribution in [2.45, 2.75) is 23.7 Å². The van der Waals surface area contributed by atoms with E-state index in [4.69, 9.17) is 34.8 Å². The molecule has 0 aliphatic carbocycles. The summed E-state index contributed by atoms with van der Waals surface area (Å²) in [6.45, 7) is 2.96. The molecular formula is C14H14Cl3N3O2. The summed E-state index contributed by atoms with van der Waals surface area (Å²) in [5.41, 5.74) is 1.08. The molecule has 2 atom stereocenters. The van der Waals surface area contributed by atoms with Crippen LogP contribution in [-0.4, -0.2) is 27.4 Å². The van der Waals surface area contributed by atoms with Crippen LogP contribution < -0.4 is 10.3 Å². The lowest BCUT2D eigenvalue weighted by atomic mass is 9.95. The van der Waals surface area contributed by atoms with Gasteiger partial charge in [-0.2, -0.15) is 5.10 Å². The van der Waals surface area contributed by atoms with E-state index in [1.807, 2.05) is 6.07 Å². The van der Waals surface area contributed by atoms with Gasteiger partial charge in [0.1, 0.15) is 5.92 Å². The number of halogens is 3. The number of hydrogen-bond acceptors (Lipinski definition) is 3. The summed E-state index contributed by atoms with van der Waals surface area (Å²) in [6, 6.07) is 7.92. The summed E-state index contributed by atoms with van der Waals surface area (Å²) in [7, 11) is 0. The highest BCUT2D eigenvalue weighted by molar-refractivity contribution is 6.68. The number of rotatable bonds is 3. The van der Waals surface area contributed by atoms with Gasteiger partial charge >= 0.3 is 0 Å². The fourth-order valence-corrected chi connectivity index (χ4v) is 2.83. The van der Waals surface area contributed by atoms with Crippen LogP contribution in [0, 0.1) is 5.92 Å². The Balaban J connectivity index is 2.34. The largest absolute Gasteiger partial charge is 0.348 e. The summed E-state index contributed by atoms with van der Waals surface area (Å²) < 4.78 is -1.84. The molecule has 0 saturated carbocycles. The fourth-order valence-electron chi connectivity index (χ4n) is 2.29. The van der Waals surface area contributed by atoms with Gasteiger partial charge in [0.2, 0.25) is 9.70 Å². The topological polar surface area (TPSA) is 61.8 Å². The number of amides is 2. The quantitative estimate of drug-likeness (QED) is 0.840. The smallest absolute Gasteiger partial charge is 0.258 e. The van der Waals surface area contributed by atoms with Crippen LogP contribution in [0.3, 0.4) is 0 Å². The summed E-state index contributed by atoms with van der Waals surface area (Å²) in [5, 5.41) is 8.02. The third kappa shape index (κ3) is 3.54. The van der Waals surface area contributed by atoms with Crippen LogP contribution in [0.4, 0.5) is 5.69 Å². The van der Waals surface area contributed by atoms with Crippen molar-refractivity contribution in [2.24, 2.45) is 11.0 Å². The Kier molecular flexibility index (Phi) is 5.00. The molecule has 0 spiro atoms. The van der Waals surface area contributed by atoms with Crippen LogP contribution in [0.15, 0.2) is 35.4 Å². The Morgan fingerprint density at radius 2 is 1.91 bits per heavy atom. The molecule has 2 amide bonds. The Morgan fingerprint density at radius 1 is 1.32 bits per heavy atom. The molecule has 0 bridgehead atoms. The molecule has 1 aliphatic rings. The fraction of sp³-hybridized carbons (Fsp3) is 0.357. The van der Waals surface area contributed by atoms with Crippen LogP contribution in [-0.2, 0) is 9.59 Å². The lowest BCUT2D eigenvalue weighted by Gasteiger charge is -2.29. The first-order valence-corrected chi connectivity index (χ1v) is 7.63. The van der Waals surface area contributed by atoms with Crippen molar-refractivity contribution in [3.8, 4) is 0 Å². The van der Waals surface area contributed by atoms with Crippen LogP contribution in [0.1, 0.15) is 13.8 Å². The molecule has 1 aromatic rings. The van der Waals surface area contributed by atoms with Gasteiger partial charge in [-0.1, -0.05) is 53.0 Å². The highest BCUT2D eigenvalue weighted by atomic mass is 35.6. The Bertz CT molecular complexity index is 614. The molecule has 118 valence electrons. The van der Waals surface area contributed by atoms with E-state index >= 15 is 0 Å². The minimum Gasteiger partial charge on any atom is -0.348 e. The minimum absolute atomic E-state index is 0.353. The van der Waals surface area contributed by atoms with Crippen molar-refractivity contribution in [1.82, 2.24) is 5.32 Å². The summed E-state index contributed by atoms with van der Waals surface area (Å²) in [5.74, 6) is -1.58. The zero-order valence-corrected chi connectivity index (χ0v) is 14.2. The highest BCUT2D eigenvalue weighted by Crippen LogP contribution is 2.37. The number of hydrazone groups is 1. The number of carbonyl (C=O) groups is 2. The molecule has 1 aliphatic heterocycles. The number of para-hydroxylation sites is 1. The molecule has 22 heavy (non-hydrogen) atoms. The van der Waals surface area contributed by atoms with E-state index in [-0.39, 0.29) is 5.91 Å². The Labute approximate surface area is 143 Å². The van der Waals surface area contributed by atoms with Crippen molar-refractivity contribution < 1.29 is 9.59 Å². The summed E-state index contributed by atoms with van der Waals surface area (Å²) in [6.07, 6.45) is 0. The third-order valence-corrected chi connectivity index (χ3v) is 3.93. The first-order valence-electron chi connectivity index (χ1n) is 6.49. The van der Waals surface area contributed by atoms with Gasteiger partial charge in [0.25, 0.3) is 5.91 Å². The molecular weight excluding hydrogens is 349 g/mol. The summed E-state index contributed by atoms with van der Waals surface area (Å²) >= 11 is 17.8. The molecule has 0 saturated heterocycles. The van der Waals surface area contributed by atoms with E-state index in [0.29, 0.717) is 11.4 Å². The van der Waals surface area contributed by atoms with Crippen LogP contribution in [0.2, 0.25) is 0 Å². The first kappa shape index (κ1) is 17.1. The van der Waals surface area contributed by atoms with Gasteiger partial charge in [-0.15, -0.1) is 0 Å². The Morgan fingerprint density at radius 3 is 2.41 bits per heavy atom. The first-order chi connectivity index (χ1) is 10.2. The van der Waals surface area contributed by atoms with Crippen molar-refractivity contribution in [3.05, 3.63) is 30.3 Å². The second kappa shape index (κ2) is 6.44. The van der Waals surface area contributed by atoms with Gasteiger partial charge in [0.15, 0.2) is 0 Å². The highest BCUT2D eigenvalue weighted by Gasteiger charge is 2.48. The average molecular weight is 363 g/mol. The van der Waals surface area contributed by atoms with E-state index in [2.05, 4.69) is 10.4 Å². The number of carbonyl (C=O) groups excluding carboxylic acids is 2. The van der Waals surface area contributed by atoms with Crippen molar-refractivity contribution in [2.75, 3.05) is 5.01 Å². The monoisotopic (exact) mass is 361 g/mol. The van der Waals surface area contributed by atoms with Crippen molar-refractivity contribution >= 4 is 58.0 Å². The number of benzene rings is 1. The zero-order chi connectivity index (χ0) is 16.5. The number of alkyl halides is 3. The number of hydrogen-bond donors (Lipinski definition) is 1. The standard InChI is InChI=1S/C14H14Cl3N3O2/c1-8-11(12(14(15,16)17)18-9(2)21)13(22)20(19-8)10-6-4-3-5-7-10/h3-7,11-12H,1-2H3,(H,18,21). The zero-order valence-electron chi connectivity index (χ0n) is 11.9. The summed E-state index contributed by atoms with van der Waals surface area (Å²) in [4.78, 5) is 24.0. The lowest BCUT2D eigenvalue weighted by molar-refractivity contribution is -0.122. The molecule has 1 N–H and O–H groups in total. The molecule has 0 radical (unpaired) electrons. The maximum Gasteiger partial charge on any atom is 0.258 e. The van der Waals surface area contributed by atoms with Gasteiger partial charge in [0, 0.05) is 6.92 Å². The second-order valence-electron chi connectivity index (χ2n) is 4.92. The number of nitrogens with zero attached hydrogens (tertiary/aromatic N) is 2. The molecule has 1 aromatic carbocycles. The molecule has 1 heterocycles. The van der Waals surface area contributed by atoms with E-state index < -0.39 is 21.7 Å².